The van der Waals surface area contributed by atoms with Crippen molar-refractivity contribution in [2.24, 2.45) is 0 Å². The lowest BCUT2D eigenvalue weighted by molar-refractivity contribution is 0.589. The third-order valence-electron chi connectivity index (χ3n) is 16.9. The van der Waals surface area contributed by atoms with Crippen molar-refractivity contribution in [3.8, 4) is 16.9 Å². The van der Waals surface area contributed by atoms with Crippen molar-refractivity contribution in [1.82, 2.24) is 4.57 Å². The third-order valence-corrected chi connectivity index (χ3v) is 16.9. The second-order valence-corrected chi connectivity index (χ2v) is 25.3. The van der Waals surface area contributed by atoms with Gasteiger partial charge in [0.15, 0.2) is 0 Å². The summed E-state index contributed by atoms with van der Waals surface area (Å²) in [5.41, 5.74) is 28.4. The normalized spacial score (nSPS) is 14.5. The minimum atomic E-state index is -0.192. The van der Waals surface area contributed by atoms with E-state index in [0.29, 0.717) is 0 Å². The van der Waals surface area contributed by atoms with Gasteiger partial charge >= 0.3 is 0 Å². The zero-order chi connectivity index (χ0) is 51.0. The van der Waals surface area contributed by atoms with Gasteiger partial charge in [0, 0.05) is 61.4 Å². The number of furan rings is 1. The molecule has 362 valence electrons. The van der Waals surface area contributed by atoms with Crippen molar-refractivity contribution < 1.29 is 4.42 Å². The maximum Gasteiger partial charge on any atom is 0.252 e. The smallest absolute Gasteiger partial charge is 0.252 e. The topological polar surface area (TPSA) is 24.6 Å². The zero-order valence-corrected chi connectivity index (χ0v) is 45.2. The van der Waals surface area contributed by atoms with Crippen LogP contribution in [0.2, 0.25) is 0 Å². The van der Waals surface area contributed by atoms with Gasteiger partial charge in [-0.05, 0) is 159 Å². The lowest BCUT2D eigenvalue weighted by Gasteiger charge is -2.42. The molecule has 1 aliphatic carbocycles. The van der Waals surface area contributed by atoms with E-state index in [0.717, 1.165) is 33.3 Å². The van der Waals surface area contributed by atoms with E-state index in [9.17, 15) is 0 Å². The summed E-state index contributed by atoms with van der Waals surface area (Å²) in [6.45, 7) is 32.7. The molecule has 0 bridgehead atoms. The van der Waals surface area contributed by atoms with Crippen LogP contribution in [0.4, 0.5) is 34.1 Å². The van der Waals surface area contributed by atoms with E-state index in [1.54, 1.807) is 0 Å². The predicted octanol–water partition coefficient (Wildman–Crippen LogP) is 16.7. The molecule has 13 rings (SSSR count). The SMILES string of the molecule is Cc1cc2c3c(c1)-n1c4c(c5cc(C(C)(C)C)cc(c51)B3c1ccc(N(c3ccc(C(C)(C)C)cc3C)c3ccc(C(C)(C)C)cc3C)cc1N2c1cccc2oc3ccccc3c12)C(C)(C)c1ccccc1-4. The molecular weight excluding hydrogens is 886 g/mol. The van der Waals surface area contributed by atoms with Crippen LogP contribution in [-0.4, -0.2) is 11.3 Å². The highest BCUT2D eigenvalue weighted by molar-refractivity contribution is 7.00. The van der Waals surface area contributed by atoms with Crippen LogP contribution in [-0.2, 0) is 21.7 Å². The van der Waals surface area contributed by atoms with E-state index in [4.69, 9.17) is 4.42 Å². The Labute approximate surface area is 432 Å². The Kier molecular flexibility index (Phi) is 9.48. The van der Waals surface area contributed by atoms with Crippen LogP contribution in [0.1, 0.15) is 121 Å². The predicted molar refractivity (Wildman–Crippen MR) is 312 cm³/mol. The van der Waals surface area contributed by atoms with Crippen LogP contribution in [0.3, 0.4) is 0 Å². The van der Waals surface area contributed by atoms with Gasteiger partial charge in [0.2, 0.25) is 0 Å². The van der Waals surface area contributed by atoms with Crippen molar-refractivity contribution >= 4 is 90.1 Å². The second-order valence-electron chi connectivity index (χ2n) is 25.3. The number of anilines is 6. The minimum Gasteiger partial charge on any atom is -0.456 e. The Bertz CT molecular complexity index is 3940. The lowest BCUT2D eigenvalue weighted by atomic mass is 9.33. The van der Waals surface area contributed by atoms with Gasteiger partial charge in [0.05, 0.1) is 16.8 Å². The molecule has 10 aromatic rings. The first kappa shape index (κ1) is 45.6. The third kappa shape index (κ3) is 6.52. The van der Waals surface area contributed by atoms with Gasteiger partial charge in [0.1, 0.15) is 11.2 Å². The van der Waals surface area contributed by atoms with E-state index in [-0.39, 0.29) is 28.4 Å². The Hall–Kier alpha value is -7.24. The van der Waals surface area contributed by atoms with Crippen LogP contribution >= 0.6 is 0 Å². The first-order chi connectivity index (χ1) is 34.6. The molecule has 0 fully saturated rings. The zero-order valence-electron chi connectivity index (χ0n) is 45.2. The number of rotatable bonds is 4. The fourth-order valence-corrected chi connectivity index (χ4v) is 13.1. The second kappa shape index (κ2) is 15.2. The largest absolute Gasteiger partial charge is 0.456 e. The summed E-state index contributed by atoms with van der Waals surface area (Å²) in [5, 5.41) is 3.61. The molecule has 0 N–H and O–H groups in total. The molecule has 0 radical (unpaired) electrons. The average molecular weight is 952 g/mol. The summed E-state index contributed by atoms with van der Waals surface area (Å²) in [6.07, 6.45) is 0. The molecule has 0 unspecified atom stereocenters. The van der Waals surface area contributed by atoms with Crippen molar-refractivity contribution in [3.05, 3.63) is 190 Å². The fourth-order valence-electron chi connectivity index (χ4n) is 13.1. The van der Waals surface area contributed by atoms with Gasteiger partial charge in [-0.3, -0.25) is 0 Å². The number of hydrogen-bond acceptors (Lipinski definition) is 3. The molecule has 3 aliphatic rings. The fraction of sp³-hybridized carbons (Fsp3) is 0.265. The first-order valence-electron chi connectivity index (χ1n) is 26.5. The summed E-state index contributed by atoms with van der Waals surface area (Å²) < 4.78 is 9.40. The quantitative estimate of drug-likeness (QED) is 0.164. The number of para-hydroxylation sites is 1. The summed E-state index contributed by atoms with van der Waals surface area (Å²) >= 11 is 0. The van der Waals surface area contributed by atoms with E-state index < -0.39 is 0 Å². The van der Waals surface area contributed by atoms with Gasteiger partial charge in [0.25, 0.3) is 6.71 Å². The molecule has 0 atom stereocenters. The molecule has 2 aromatic heterocycles. The molecule has 4 nitrogen and oxygen atoms in total. The Morgan fingerprint density at radius 1 is 0.521 bits per heavy atom. The summed E-state index contributed by atoms with van der Waals surface area (Å²) in [5.74, 6) is 0. The summed E-state index contributed by atoms with van der Waals surface area (Å²) in [6, 6.07) is 56.0. The monoisotopic (exact) mass is 952 g/mol. The van der Waals surface area contributed by atoms with Crippen molar-refractivity contribution in [2.45, 2.75) is 119 Å². The van der Waals surface area contributed by atoms with Crippen LogP contribution in [0.25, 0.3) is 49.8 Å². The van der Waals surface area contributed by atoms with E-state index >= 15 is 0 Å². The molecule has 2 aliphatic heterocycles. The van der Waals surface area contributed by atoms with E-state index in [1.165, 1.54) is 111 Å². The Morgan fingerprint density at radius 2 is 1.15 bits per heavy atom. The molecule has 0 amide bonds. The number of aromatic nitrogens is 1. The number of hydrogen-bond donors (Lipinski definition) is 0. The highest BCUT2D eigenvalue weighted by Crippen LogP contribution is 2.56. The molecule has 73 heavy (non-hydrogen) atoms. The molecule has 0 saturated heterocycles. The van der Waals surface area contributed by atoms with Gasteiger partial charge in [-0.25, -0.2) is 0 Å². The number of fused-ring (bicyclic) bond motifs is 12. The van der Waals surface area contributed by atoms with Gasteiger partial charge in [-0.1, -0.05) is 161 Å². The molecule has 5 heteroatoms. The van der Waals surface area contributed by atoms with Crippen molar-refractivity contribution in [3.63, 3.8) is 0 Å². The lowest BCUT2D eigenvalue weighted by Crippen LogP contribution is -2.60. The molecule has 4 heterocycles. The Balaban J connectivity index is 1.16. The van der Waals surface area contributed by atoms with Gasteiger partial charge in [-0.2, -0.15) is 0 Å². The van der Waals surface area contributed by atoms with Crippen molar-refractivity contribution in [2.75, 3.05) is 9.80 Å². The molecule has 0 spiro atoms. The summed E-state index contributed by atoms with van der Waals surface area (Å²) in [4.78, 5) is 5.13. The van der Waals surface area contributed by atoms with Crippen LogP contribution in [0.15, 0.2) is 150 Å². The van der Waals surface area contributed by atoms with Gasteiger partial charge < -0.3 is 18.8 Å². The molecular formula is C68H66BN3O. The number of nitrogens with zero attached hydrogens (tertiary/aromatic N) is 3. The standard InChI is InChI=1S/C68H66BN3O/c1-39-32-56-62-57(33-39)72-63-48(61-64(72)46-20-15-17-22-49(46)68(61,13)14)36-44(67(10,11)12)37-51(63)69(62)50-29-28-45(38-55(50)71(56)54-23-19-25-59-60(54)47-21-16-18-24-58(47)73-59)70(52-30-26-42(34-40(52)2)65(4,5)6)53-31-27-43(35-41(53)3)66(7,8)9/h15-38H,1-14H3. The van der Waals surface area contributed by atoms with E-state index in [2.05, 4.69) is 257 Å². The maximum atomic E-state index is 6.72. The highest BCUT2D eigenvalue weighted by atomic mass is 16.3. The average Bonchev–Trinajstić information content (AvgIpc) is 3.97. The minimum absolute atomic E-state index is 0.0161. The first-order valence-corrected chi connectivity index (χ1v) is 26.5. The van der Waals surface area contributed by atoms with Crippen molar-refractivity contribution in [1.29, 1.82) is 0 Å². The Morgan fingerprint density at radius 3 is 1.82 bits per heavy atom. The maximum absolute atomic E-state index is 6.72. The van der Waals surface area contributed by atoms with Crippen LogP contribution in [0.5, 0.6) is 0 Å². The summed E-state index contributed by atoms with van der Waals surface area (Å²) in [7, 11) is 0. The number of aryl methyl sites for hydroxylation is 3. The van der Waals surface area contributed by atoms with Gasteiger partial charge in [-0.15, -0.1) is 0 Å². The number of benzene rings is 8. The highest BCUT2D eigenvalue weighted by Gasteiger charge is 2.48. The molecule has 8 aromatic carbocycles. The van der Waals surface area contributed by atoms with E-state index in [1.807, 2.05) is 0 Å². The van der Waals surface area contributed by atoms with Crippen LogP contribution in [0, 0.1) is 20.8 Å². The molecule has 0 saturated carbocycles. The van der Waals surface area contributed by atoms with Crippen LogP contribution < -0.4 is 26.2 Å².